The summed E-state index contributed by atoms with van der Waals surface area (Å²) in [5.41, 5.74) is 2.48. The van der Waals surface area contributed by atoms with Crippen LogP contribution in [0.5, 0.6) is 5.75 Å². The van der Waals surface area contributed by atoms with Crippen molar-refractivity contribution in [3.05, 3.63) is 29.8 Å². The first-order chi connectivity index (χ1) is 8.78. The minimum Gasteiger partial charge on any atom is -0.490 e. The summed E-state index contributed by atoms with van der Waals surface area (Å²) in [6, 6.07) is 7.48. The van der Waals surface area contributed by atoms with Gasteiger partial charge in [0.05, 0.1) is 12.5 Å². The predicted octanol–water partition coefficient (Wildman–Crippen LogP) is 2.45. The molecule has 1 aromatic rings. The number of hydrogen-bond acceptors (Lipinski definition) is 3. The number of rotatable bonds is 4. The highest BCUT2D eigenvalue weighted by atomic mass is 16.5. The van der Waals surface area contributed by atoms with E-state index in [1.54, 1.807) is 5.48 Å². The molecule has 1 aliphatic rings. The van der Waals surface area contributed by atoms with E-state index >= 15 is 0 Å². The van der Waals surface area contributed by atoms with Crippen molar-refractivity contribution < 1.29 is 14.7 Å². The van der Waals surface area contributed by atoms with Crippen LogP contribution in [0.3, 0.4) is 0 Å². The Morgan fingerprint density at radius 3 is 2.50 bits per heavy atom. The Bertz CT molecular complexity index is 383. The number of carbonyl (C=O) groups excluding carboxylic acids is 1. The molecule has 0 aromatic heterocycles. The minimum atomic E-state index is -0.407. The van der Waals surface area contributed by atoms with Crippen LogP contribution in [-0.2, 0) is 11.2 Å². The van der Waals surface area contributed by atoms with Crippen LogP contribution in [0.4, 0.5) is 0 Å². The van der Waals surface area contributed by atoms with Crippen molar-refractivity contribution in [2.45, 2.75) is 44.6 Å². The second kappa shape index (κ2) is 6.40. The molecule has 0 radical (unpaired) electrons. The Labute approximate surface area is 107 Å². The highest BCUT2D eigenvalue weighted by Gasteiger charge is 2.14. The van der Waals surface area contributed by atoms with E-state index in [-0.39, 0.29) is 6.42 Å². The zero-order chi connectivity index (χ0) is 12.8. The topological polar surface area (TPSA) is 58.6 Å². The van der Waals surface area contributed by atoms with Gasteiger partial charge in [-0.3, -0.25) is 10.0 Å². The molecule has 0 unspecified atom stereocenters. The molecule has 4 nitrogen and oxygen atoms in total. The lowest BCUT2D eigenvalue weighted by Crippen LogP contribution is -2.21. The van der Waals surface area contributed by atoms with Gasteiger partial charge >= 0.3 is 0 Å². The summed E-state index contributed by atoms with van der Waals surface area (Å²) in [7, 11) is 0. The van der Waals surface area contributed by atoms with Crippen LogP contribution in [0.25, 0.3) is 0 Å². The fraction of sp³-hybridized carbons (Fsp3) is 0.500. The Balaban J connectivity index is 1.88. The van der Waals surface area contributed by atoms with E-state index in [9.17, 15) is 4.79 Å². The Morgan fingerprint density at radius 2 is 1.89 bits per heavy atom. The van der Waals surface area contributed by atoms with Gasteiger partial charge in [0, 0.05) is 0 Å². The number of nitrogens with one attached hydrogen (secondary N) is 1. The lowest BCUT2D eigenvalue weighted by atomic mass is 9.98. The summed E-state index contributed by atoms with van der Waals surface area (Å²) >= 11 is 0. The molecule has 1 amide bonds. The third kappa shape index (κ3) is 3.74. The van der Waals surface area contributed by atoms with Crippen LogP contribution in [0.15, 0.2) is 24.3 Å². The number of ether oxygens (including phenoxy) is 1. The molecule has 4 heteroatoms. The molecule has 98 valence electrons. The highest BCUT2D eigenvalue weighted by Crippen LogP contribution is 2.23. The summed E-state index contributed by atoms with van der Waals surface area (Å²) in [4.78, 5) is 11.0. The van der Waals surface area contributed by atoms with Gasteiger partial charge in [0.1, 0.15) is 5.75 Å². The van der Waals surface area contributed by atoms with Crippen molar-refractivity contribution >= 4 is 5.91 Å². The van der Waals surface area contributed by atoms with Gasteiger partial charge < -0.3 is 4.74 Å². The maximum atomic E-state index is 11.0. The summed E-state index contributed by atoms with van der Waals surface area (Å²) < 4.78 is 5.89. The van der Waals surface area contributed by atoms with Crippen molar-refractivity contribution in [3.8, 4) is 5.75 Å². The highest BCUT2D eigenvalue weighted by molar-refractivity contribution is 5.77. The number of benzene rings is 1. The molecule has 0 atom stereocenters. The molecule has 18 heavy (non-hydrogen) atoms. The first kappa shape index (κ1) is 12.9. The number of hydroxylamine groups is 1. The second-order valence-electron chi connectivity index (χ2n) is 4.73. The molecular formula is C14H19NO3. The van der Waals surface area contributed by atoms with Gasteiger partial charge in [0.25, 0.3) is 0 Å². The van der Waals surface area contributed by atoms with Crippen molar-refractivity contribution in [2.24, 2.45) is 0 Å². The molecule has 1 aliphatic carbocycles. The number of carbonyl (C=O) groups is 1. The molecule has 1 aromatic carbocycles. The molecule has 0 bridgehead atoms. The van der Waals surface area contributed by atoms with E-state index in [0.29, 0.717) is 6.10 Å². The molecule has 1 saturated carbocycles. The zero-order valence-electron chi connectivity index (χ0n) is 10.4. The molecule has 1 fully saturated rings. The van der Waals surface area contributed by atoms with Crippen molar-refractivity contribution in [3.63, 3.8) is 0 Å². The lowest BCUT2D eigenvalue weighted by molar-refractivity contribution is -0.128. The summed E-state index contributed by atoms with van der Waals surface area (Å²) in [5, 5.41) is 8.44. The number of amides is 1. The molecular weight excluding hydrogens is 230 g/mol. The molecule has 0 aliphatic heterocycles. The van der Waals surface area contributed by atoms with Crippen molar-refractivity contribution in [1.29, 1.82) is 0 Å². The van der Waals surface area contributed by atoms with Gasteiger partial charge in [0.2, 0.25) is 5.91 Å². The minimum absolute atomic E-state index is 0.181. The van der Waals surface area contributed by atoms with Crippen LogP contribution in [-0.4, -0.2) is 17.2 Å². The van der Waals surface area contributed by atoms with Crippen LogP contribution >= 0.6 is 0 Å². The van der Waals surface area contributed by atoms with Gasteiger partial charge in [-0.25, -0.2) is 5.48 Å². The van der Waals surface area contributed by atoms with E-state index in [4.69, 9.17) is 9.94 Å². The lowest BCUT2D eigenvalue weighted by Gasteiger charge is -2.23. The van der Waals surface area contributed by atoms with Crippen molar-refractivity contribution in [1.82, 2.24) is 5.48 Å². The quantitative estimate of drug-likeness (QED) is 0.636. The summed E-state index contributed by atoms with van der Waals surface area (Å²) in [5.74, 6) is 0.450. The van der Waals surface area contributed by atoms with E-state index in [1.165, 1.54) is 19.3 Å². The Hall–Kier alpha value is -1.55. The summed E-state index contributed by atoms with van der Waals surface area (Å²) in [6.45, 7) is 0. The van der Waals surface area contributed by atoms with E-state index in [2.05, 4.69) is 0 Å². The first-order valence-electron chi connectivity index (χ1n) is 6.46. The van der Waals surface area contributed by atoms with E-state index in [0.717, 1.165) is 24.2 Å². The van der Waals surface area contributed by atoms with Crippen LogP contribution in [0.2, 0.25) is 0 Å². The van der Waals surface area contributed by atoms with E-state index < -0.39 is 5.91 Å². The standard InChI is InChI=1S/C14H19NO3/c16-14(15-17)10-11-6-8-13(9-7-11)18-12-4-2-1-3-5-12/h6-9,12,17H,1-5,10H2,(H,15,16). The SMILES string of the molecule is O=C(Cc1ccc(OC2CCCCC2)cc1)NO. The normalized spacial score (nSPS) is 16.3. The summed E-state index contributed by atoms with van der Waals surface area (Å²) in [6.07, 6.45) is 6.60. The van der Waals surface area contributed by atoms with Gasteiger partial charge in [0.15, 0.2) is 0 Å². The maximum Gasteiger partial charge on any atom is 0.247 e. The molecule has 2 rings (SSSR count). The average molecular weight is 249 g/mol. The largest absolute Gasteiger partial charge is 0.490 e. The zero-order valence-corrected chi connectivity index (χ0v) is 10.4. The molecule has 0 spiro atoms. The number of hydrogen-bond donors (Lipinski definition) is 2. The third-order valence-corrected chi connectivity index (χ3v) is 3.27. The smallest absolute Gasteiger partial charge is 0.247 e. The fourth-order valence-electron chi connectivity index (χ4n) is 2.29. The van der Waals surface area contributed by atoms with Gasteiger partial charge in [-0.2, -0.15) is 0 Å². The molecule has 0 saturated heterocycles. The van der Waals surface area contributed by atoms with Crippen LogP contribution in [0, 0.1) is 0 Å². The first-order valence-corrected chi connectivity index (χ1v) is 6.46. The average Bonchev–Trinajstić information content (AvgIpc) is 2.42. The Kier molecular flexibility index (Phi) is 4.59. The van der Waals surface area contributed by atoms with E-state index in [1.807, 2.05) is 24.3 Å². The Morgan fingerprint density at radius 1 is 1.22 bits per heavy atom. The predicted molar refractivity (Wildman–Crippen MR) is 67.6 cm³/mol. The van der Waals surface area contributed by atoms with Crippen molar-refractivity contribution in [2.75, 3.05) is 0 Å². The third-order valence-electron chi connectivity index (χ3n) is 3.27. The van der Waals surface area contributed by atoms with Gasteiger partial charge in [-0.15, -0.1) is 0 Å². The van der Waals surface area contributed by atoms with Crippen LogP contribution < -0.4 is 10.2 Å². The van der Waals surface area contributed by atoms with Gasteiger partial charge in [-0.05, 0) is 43.4 Å². The molecule has 2 N–H and O–H groups in total. The second-order valence-corrected chi connectivity index (χ2v) is 4.73. The maximum absolute atomic E-state index is 11.0. The fourth-order valence-corrected chi connectivity index (χ4v) is 2.29. The van der Waals surface area contributed by atoms with Gasteiger partial charge in [-0.1, -0.05) is 18.6 Å². The van der Waals surface area contributed by atoms with Crippen LogP contribution in [0.1, 0.15) is 37.7 Å². The molecule has 0 heterocycles. The monoisotopic (exact) mass is 249 g/mol.